The van der Waals surface area contributed by atoms with Gasteiger partial charge in [-0.3, -0.25) is 4.79 Å². The first kappa shape index (κ1) is 15.8. The summed E-state index contributed by atoms with van der Waals surface area (Å²) in [6, 6.07) is 5.74. The number of hydrogen-bond donors (Lipinski definition) is 2. The Labute approximate surface area is 134 Å². The normalized spacial score (nSPS) is 13.0. The van der Waals surface area contributed by atoms with Gasteiger partial charge in [0.25, 0.3) is 5.91 Å². The first-order chi connectivity index (χ1) is 9.76. The number of amides is 1. The van der Waals surface area contributed by atoms with Crippen LogP contribution in [0.1, 0.15) is 33.0 Å². The molecule has 0 spiro atoms. The molecule has 0 unspecified atom stereocenters. The van der Waals surface area contributed by atoms with Gasteiger partial charge in [-0.05, 0) is 49.4 Å². The van der Waals surface area contributed by atoms with Crippen molar-refractivity contribution >= 4 is 41.2 Å². The SMILES string of the molecule is CNc1ccc(NC(=O)c2cc3c(s2)CCCC3)cn1.Cl. The molecule has 4 nitrogen and oxygen atoms in total. The molecule has 3 rings (SSSR count). The lowest BCUT2D eigenvalue weighted by atomic mass is 9.99. The fraction of sp³-hybridized carbons (Fsp3) is 0.333. The third kappa shape index (κ3) is 3.54. The molecule has 0 atom stereocenters. The molecule has 0 bridgehead atoms. The Balaban J connectivity index is 0.00000161. The van der Waals surface area contributed by atoms with Gasteiger partial charge < -0.3 is 10.6 Å². The fourth-order valence-corrected chi connectivity index (χ4v) is 3.56. The summed E-state index contributed by atoms with van der Waals surface area (Å²) in [6.45, 7) is 0. The molecule has 21 heavy (non-hydrogen) atoms. The number of nitrogens with one attached hydrogen (secondary N) is 2. The second kappa shape index (κ2) is 6.91. The van der Waals surface area contributed by atoms with E-state index in [2.05, 4.69) is 15.6 Å². The van der Waals surface area contributed by atoms with Crippen LogP contribution in [0.5, 0.6) is 0 Å². The largest absolute Gasteiger partial charge is 0.373 e. The number of carbonyl (C=O) groups is 1. The van der Waals surface area contributed by atoms with Crippen molar-refractivity contribution < 1.29 is 4.79 Å². The molecule has 1 amide bonds. The van der Waals surface area contributed by atoms with Crippen LogP contribution in [0.25, 0.3) is 0 Å². The molecule has 1 aliphatic rings. The first-order valence-corrected chi connectivity index (χ1v) is 7.64. The van der Waals surface area contributed by atoms with E-state index < -0.39 is 0 Å². The lowest BCUT2D eigenvalue weighted by Crippen LogP contribution is -2.10. The maximum Gasteiger partial charge on any atom is 0.265 e. The van der Waals surface area contributed by atoms with Crippen molar-refractivity contribution in [2.75, 3.05) is 17.7 Å². The molecule has 0 saturated carbocycles. The van der Waals surface area contributed by atoms with Gasteiger partial charge in [0.1, 0.15) is 5.82 Å². The third-order valence-corrected chi connectivity index (χ3v) is 4.73. The number of nitrogens with zero attached hydrogens (tertiary/aromatic N) is 1. The van der Waals surface area contributed by atoms with Crippen LogP contribution in [0.3, 0.4) is 0 Å². The van der Waals surface area contributed by atoms with Gasteiger partial charge in [0, 0.05) is 11.9 Å². The van der Waals surface area contributed by atoms with E-state index in [1.54, 1.807) is 17.5 Å². The predicted octanol–water partition coefficient (Wildman–Crippen LogP) is 3.74. The summed E-state index contributed by atoms with van der Waals surface area (Å²) in [5, 5.41) is 5.85. The molecule has 0 aromatic carbocycles. The van der Waals surface area contributed by atoms with E-state index in [1.165, 1.54) is 23.3 Å². The third-order valence-electron chi connectivity index (χ3n) is 3.50. The van der Waals surface area contributed by atoms with Gasteiger partial charge in [-0.1, -0.05) is 0 Å². The zero-order valence-electron chi connectivity index (χ0n) is 11.8. The Kier molecular flexibility index (Phi) is 5.20. The first-order valence-electron chi connectivity index (χ1n) is 6.83. The van der Waals surface area contributed by atoms with E-state index in [4.69, 9.17) is 0 Å². The highest BCUT2D eigenvalue weighted by atomic mass is 35.5. The van der Waals surface area contributed by atoms with Crippen LogP contribution in [0.15, 0.2) is 24.4 Å². The predicted molar refractivity (Wildman–Crippen MR) is 89.9 cm³/mol. The number of halogens is 1. The number of pyridine rings is 1. The van der Waals surface area contributed by atoms with Crippen molar-refractivity contribution in [2.24, 2.45) is 0 Å². The molecule has 1 aliphatic carbocycles. The van der Waals surface area contributed by atoms with Gasteiger partial charge in [0.05, 0.1) is 16.8 Å². The van der Waals surface area contributed by atoms with Crippen molar-refractivity contribution in [3.05, 3.63) is 39.7 Å². The van der Waals surface area contributed by atoms with Crippen LogP contribution in [-0.4, -0.2) is 17.9 Å². The highest BCUT2D eigenvalue weighted by molar-refractivity contribution is 7.14. The summed E-state index contributed by atoms with van der Waals surface area (Å²) >= 11 is 1.63. The van der Waals surface area contributed by atoms with Gasteiger partial charge in [0.2, 0.25) is 0 Å². The molecule has 2 N–H and O–H groups in total. The number of aromatic nitrogens is 1. The highest BCUT2D eigenvalue weighted by Crippen LogP contribution is 2.30. The van der Waals surface area contributed by atoms with Crippen LogP contribution in [-0.2, 0) is 12.8 Å². The van der Waals surface area contributed by atoms with Gasteiger partial charge in [-0.2, -0.15) is 0 Å². The van der Waals surface area contributed by atoms with Crippen molar-refractivity contribution in [1.82, 2.24) is 4.98 Å². The summed E-state index contributed by atoms with van der Waals surface area (Å²) in [5.41, 5.74) is 2.08. The van der Waals surface area contributed by atoms with Gasteiger partial charge in [-0.25, -0.2) is 4.98 Å². The number of fused-ring (bicyclic) bond motifs is 1. The molecular weight excluding hydrogens is 306 g/mol. The Hall–Kier alpha value is -1.59. The average molecular weight is 324 g/mol. The topological polar surface area (TPSA) is 54.0 Å². The number of hydrogen-bond acceptors (Lipinski definition) is 4. The van der Waals surface area contributed by atoms with E-state index in [1.807, 2.05) is 25.2 Å². The van der Waals surface area contributed by atoms with E-state index in [0.717, 1.165) is 29.2 Å². The fourth-order valence-electron chi connectivity index (χ4n) is 2.41. The van der Waals surface area contributed by atoms with Crippen molar-refractivity contribution in [3.8, 4) is 0 Å². The standard InChI is InChI=1S/C15H17N3OS.ClH/c1-16-14-7-6-11(9-17-14)18-15(19)13-8-10-4-2-3-5-12(10)20-13;/h6-9H,2-5H2,1H3,(H,16,17)(H,18,19);1H. The van der Waals surface area contributed by atoms with Gasteiger partial charge >= 0.3 is 0 Å². The molecule has 0 fully saturated rings. The van der Waals surface area contributed by atoms with Crippen LogP contribution in [0.2, 0.25) is 0 Å². The van der Waals surface area contributed by atoms with E-state index in [-0.39, 0.29) is 18.3 Å². The quantitative estimate of drug-likeness (QED) is 0.904. The Morgan fingerprint density at radius 3 is 2.76 bits per heavy atom. The minimum Gasteiger partial charge on any atom is -0.373 e. The zero-order valence-corrected chi connectivity index (χ0v) is 13.4. The summed E-state index contributed by atoms with van der Waals surface area (Å²) in [7, 11) is 1.82. The second-order valence-electron chi connectivity index (χ2n) is 4.90. The lowest BCUT2D eigenvalue weighted by molar-refractivity contribution is 0.103. The molecule has 0 saturated heterocycles. The second-order valence-corrected chi connectivity index (χ2v) is 6.04. The average Bonchev–Trinajstić information content (AvgIpc) is 2.92. The number of anilines is 2. The molecule has 2 aromatic rings. The number of thiophene rings is 1. The minimum absolute atomic E-state index is 0. The molecule has 2 aromatic heterocycles. The van der Waals surface area contributed by atoms with Gasteiger partial charge in [-0.15, -0.1) is 23.7 Å². The number of carbonyl (C=O) groups excluding carboxylic acids is 1. The smallest absolute Gasteiger partial charge is 0.265 e. The molecule has 0 aliphatic heterocycles. The van der Waals surface area contributed by atoms with Crippen LogP contribution >= 0.6 is 23.7 Å². The Morgan fingerprint density at radius 2 is 2.10 bits per heavy atom. The van der Waals surface area contributed by atoms with Crippen molar-refractivity contribution in [2.45, 2.75) is 25.7 Å². The Bertz CT molecular complexity index is 601. The van der Waals surface area contributed by atoms with Crippen LogP contribution in [0, 0.1) is 0 Å². The highest BCUT2D eigenvalue weighted by Gasteiger charge is 2.17. The lowest BCUT2D eigenvalue weighted by Gasteiger charge is -2.08. The summed E-state index contributed by atoms with van der Waals surface area (Å²) in [4.78, 5) is 18.6. The molecule has 0 radical (unpaired) electrons. The molecule has 112 valence electrons. The van der Waals surface area contributed by atoms with Crippen LogP contribution < -0.4 is 10.6 Å². The maximum atomic E-state index is 12.2. The van der Waals surface area contributed by atoms with Crippen molar-refractivity contribution in [1.29, 1.82) is 0 Å². The number of rotatable bonds is 3. The minimum atomic E-state index is -0.0385. The summed E-state index contributed by atoms with van der Waals surface area (Å²) in [6.07, 6.45) is 6.37. The molecule has 2 heterocycles. The van der Waals surface area contributed by atoms with E-state index >= 15 is 0 Å². The Morgan fingerprint density at radius 1 is 1.29 bits per heavy atom. The zero-order chi connectivity index (χ0) is 13.9. The monoisotopic (exact) mass is 323 g/mol. The number of aryl methyl sites for hydroxylation is 2. The summed E-state index contributed by atoms with van der Waals surface area (Å²) < 4.78 is 0. The maximum absolute atomic E-state index is 12.2. The van der Waals surface area contributed by atoms with Gasteiger partial charge in [0.15, 0.2) is 0 Å². The van der Waals surface area contributed by atoms with E-state index in [0.29, 0.717) is 0 Å². The van der Waals surface area contributed by atoms with Crippen molar-refractivity contribution in [3.63, 3.8) is 0 Å². The summed E-state index contributed by atoms with van der Waals surface area (Å²) in [5.74, 6) is 0.748. The molecular formula is C15H18ClN3OS. The van der Waals surface area contributed by atoms with E-state index in [9.17, 15) is 4.79 Å². The van der Waals surface area contributed by atoms with Crippen LogP contribution in [0.4, 0.5) is 11.5 Å². The molecule has 6 heteroatoms.